The van der Waals surface area contributed by atoms with Crippen LogP contribution >= 0.6 is 11.8 Å². The van der Waals surface area contributed by atoms with Gasteiger partial charge in [0.15, 0.2) is 0 Å². The van der Waals surface area contributed by atoms with Gasteiger partial charge >= 0.3 is 5.97 Å². The number of carboxylic acids is 1. The Balaban J connectivity index is 2.19. The lowest BCUT2D eigenvalue weighted by molar-refractivity contribution is -0.142. The number of thioether (sulfide) groups is 1. The van der Waals surface area contributed by atoms with Crippen LogP contribution in [0.5, 0.6) is 0 Å². The summed E-state index contributed by atoms with van der Waals surface area (Å²) in [5.41, 5.74) is 17.5. The van der Waals surface area contributed by atoms with Crippen molar-refractivity contribution in [2.24, 2.45) is 17.2 Å². The summed E-state index contributed by atoms with van der Waals surface area (Å²) in [7, 11) is 0. The van der Waals surface area contributed by atoms with Crippen LogP contribution in [0.25, 0.3) is 10.9 Å². The second-order valence-electron chi connectivity index (χ2n) is 9.15. The molecule has 2 aromatic rings. The molecule has 0 aliphatic carbocycles. The molecule has 0 radical (unpaired) electrons. The first-order valence-electron chi connectivity index (χ1n) is 12.4. The second kappa shape index (κ2) is 15.5. The Bertz CT molecular complexity index is 1240. The number of aromatic nitrogens is 1. The molecule has 1 aromatic carbocycles. The van der Waals surface area contributed by atoms with E-state index in [1.807, 2.05) is 18.2 Å². The first kappa shape index (κ1) is 32.1. The number of carbonyl (C=O) groups excluding carboxylic acids is 5. The summed E-state index contributed by atoms with van der Waals surface area (Å²) < 4.78 is 0. The highest BCUT2D eigenvalue weighted by Crippen LogP contribution is 2.19. The van der Waals surface area contributed by atoms with Crippen molar-refractivity contribution >= 4 is 58.2 Å². The first-order chi connectivity index (χ1) is 18.9. The summed E-state index contributed by atoms with van der Waals surface area (Å²) in [5, 5.41) is 18.0. The highest BCUT2D eigenvalue weighted by Gasteiger charge is 2.31. The van der Waals surface area contributed by atoms with E-state index in [0.717, 1.165) is 10.9 Å². The van der Waals surface area contributed by atoms with Crippen LogP contribution in [0.4, 0.5) is 0 Å². The standard InChI is InChI=1S/C25H35N7O7S/c1-40-9-8-18(30-22(35)15(26)11-21(28)34)24(37)31-17(6-7-20(27)33)23(36)32-19(25(38)39)10-13-12-29-16-5-3-2-4-14(13)16/h2-5,12,15,17-19,29H,6-11,26H2,1H3,(H2,27,33)(H2,28,34)(H,30,35)(H,31,37)(H,32,36)(H,38,39). The van der Waals surface area contributed by atoms with Crippen LogP contribution in [0.1, 0.15) is 31.2 Å². The molecule has 14 nitrogen and oxygen atoms in total. The number of fused-ring (bicyclic) bond motifs is 1. The number of aromatic amines is 1. The summed E-state index contributed by atoms with van der Waals surface area (Å²) in [6.45, 7) is 0. The van der Waals surface area contributed by atoms with Crippen molar-refractivity contribution in [2.45, 2.75) is 56.3 Å². The molecule has 5 amide bonds. The van der Waals surface area contributed by atoms with Crippen LogP contribution < -0.4 is 33.2 Å². The number of nitrogens with two attached hydrogens (primary N) is 3. The Morgan fingerprint density at radius 2 is 1.50 bits per heavy atom. The molecule has 0 fully saturated rings. The van der Waals surface area contributed by atoms with Crippen molar-refractivity contribution in [1.29, 1.82) is 0 Å². The number of hydrogen-bond acceptors (Lipinski definition) is 8. The zero-order valence-electron chi connectivity index (χ0n) is 22.0. The maximum absolute atomic E-state index is 13.2. The van der Waals surface area contributed by atoms with Crippen molar-refractivity contribution in [3.8, 4) is 0 Å². The summed E-state index contributed by atoms with van der Waals surface area (Å²) in [4.78, 5) is 76.3. The Hall–Kier alpha value is -4.11. The predicted molar refractivity (Wildman–Crippen MR) is 149 cm³/mol. The number of carboxylic acid groups (broad SMARTS) is 1. The van der Waals surface area contributed by atoms with Gasteiger partial charge in [-0.3, -0.25) is 24.0 Å². The highest BCUT2D eigenvalue weighted by atomic mass is 32.2. The highest BCUT2D eigenvalue weighted by molar-refractivity contribution is 7.98. The smallest absolute Gasteiger partial charge is 0.326 e. The van der Waals surface area contributed by atoms with Gasteiger partial charge in [0, 0.05) is 29.9 Å². The minimum atomic E-state index is -1.35. The van der Waals surface area contributed by atoms with E-state index in [4.69, 9.17) is 17.2 Å². The normalized spacial score (nSPS) is 13.9. The lowest BCUT2D eigenvalue weighted by Crippen LogP contribution is -2.57. The topological polar surface area (TPSA) is 253 Å². The third-order valence-electron chi connectivity index (χ3n) is 6.03. The van der Waals surface area contributed by atoms with Gasteiger partial charge in [0.2, 0.25) is 29.5 Å². The largest absolute Gasteiger partial charge is 0.480 e. The summed E-state index contributed by atoms with van der Waals surface area (Å²) in [6, 6.07) is 2.17. The van der Waals surface area contributed by atoms with Gasteiger partial charge in [-0.2, -0.15) is 11.8 Å². The lowest BCUT2D eigenvalue weighted by atomic mass is 10.0. The predicted octanol–water partition coefficient (Wildman–Crippen LogP) is -1.53. The summed E-state index contributed by atoms with van der Waals surface area (Å²) in [6.07, 6.45) is 2.63. The van der Waals surface area contributed by atoms with Crippen LogP contribution in [0.2, 0.25) is 0 Å². The van der Waals surface area contributed by atoms with E-state index in [1.165, 1.54) is 11.8 Å². The van der Waals surface area contributed by atoms with Gasteiger partial charge in [0.25, 0.3) is 0 Å². The number of carbonyl (C=O) groups is 6. The maximum Gasteiger partial charge on any atom is 0.326 e. The van der Waals surface area contributed by atoms with Crippen molar-refractivity contribution in [3.05, 3.63) is 36.0 Å². The minimum absolute atomic E-state index is 0.0499. The number of para-hydroxylation sites is 1. The molecular formula is C25H35N7O7S. The number of amides is 5. The molecule has 0 spiro atoms. The lowest BCUT2D eigenvalue weighted by Gasteiger charge is -2.25. The van der Waals surface area contributed by atoms with Gasteiger partial charge in [-0.1, -0.05) is 18.2 Å². The molecule has 0 bridgehead atoms. The Labute approximate surface area is 234 Å². The average Bonchev–Trinajstić information content (AvgIpc) is 3.30. The summed E-state index contributed by atoms with van der Waals surface area (Å²) >= 11 is 1.40. The van der Waals surface area contributed by atoms with Crippen LogP contribution in [-0.4, -0.2) is 81.8 Å². The van der Waals surface area contributed by atoms with E-state index >= 15 is 0 Å². The first-order valence-corrected chi connectivity index (χ1v) is 13.8. The van der Waals surface area contributed by atoms with E-state index in [0.29, 0.717) is 11.3 Å². The number of rotatable bonds is 17. The van der Waals surface area contributed by atoms with Gasteiger partial charge in [-0.05, 0) is 36.5 Å². The molecule has 15 heteroatoms. The summed E-state index contributed by atoms with van der Waals surface area (Å²) in [5.74, 6) is -4.77. The van der Waals surface area contributed by atoms with Gasteiger partial charge < -0.3 is 43.2 Å². The van der Waals surface area contributed by atoms with Crippen molar-refractivity contribution in [1.82, 2.24) is 20.9 Å². The number of hydrogen-bond donors (Lipinski definition) is 8. The van der Waals surface area contributed by atoms with Gasteiger partial charge in [0.05, 0.1) is 12.5 Å². The molecule has 40 heavy (non-hydrogen) atoms. The van der Waals surface area contributed by atoms with Crippen LogP contribution in [0, 0.1) is 0 Å². The van der Waals surface area contributed by atoms with Gasteiger partial charge in [-0.15, -0.1) is 0 Å². The molecule has 0 saturated heterocycles. The third kappa shape index (κ3) is 9.89. The minimum Gasteiger partial charge on any atom is -0.480 e. The maximum atomic E-state index is 13.2. The van der Waals surface area contributed by atoms with Gasteiger partial charge in [-0.25, -0.2) is 4.79 Å². The Morgan fingerprint density at radius 1 is 0.900 bits per heavy atom. The van der Waals surface area contributed by atoms with Crippen LogP contribution in [-0.2, 0) is 35.2 Å². The zero-order valence-corrected chi connectivity index (χ0v) is 22.8. The fourth-order valence-corrected chi connectivity index (χ4v) is 4.38. The number of aliphatic carboxylic acids is 1. The number of nitrogens with one attached hydrogen (secondary N) is 4. The SMILES string of the molecule is CSCCC(NC(=O)C(N)CC(N)=O)C(=O)NC(CCC(N)=O)C(=O)NC(Cc1c[nH]c2ccccc12)C(=O)O. The van der Waals surface area contributed by atoms with Crippen molar-refractivity contribution < 1.29 is 33.9 Å². The average molecular weight is 578 g/mol. The van der Waals surface area contributed by atoms with Crippen molar-refractivity contribution in [2.75, 3.05) is 12.0 Å². The Kier molecular flexibility index (Phi) is 12.4. The van der Waals surface area contributed by atoms with Gasteiger partial charge in [0.1, 0.15) is 18.1 Å². The molecule has 11 N–H and O–H groups in total. The molecule has 218 valence electrons. The fourth-order valence-electron chi connectivity index (χ4n) is 3.91. The number of primary amides is 2. The molecule has 4 unspecified atom stereocenters. The van der Waals surface area contributed by atoms with E-state index in [1.54, 1.807) is 18.5 Å². The van der Waals surface area contributed by atoms with E-state index < -0.39 is 66.1 Å². The molecule has 1 aromatic heterocycles. The third-order valence-corrected chi connectivity index (χ3v) is 6.67. The molecule has 0 aliphatic heterocycles. The Morgan fingerprint density at radius 3 is 2.10 bits per heavy atom. The molecular weight excluding hydrogens is 542 g/mol. The van der Waals surface area contributed by atoms with Crippen molar-refractivity contribution in [3.63, 3.8) is 0 Å². The monoisotopic (exact) mass is 577 g/mol. The number of benzene rings is 1. The molecule has 0 aliphatic rings. The second-order valence-corrected chi connectivity index (χ2v) is 10.1. The molecule has 0 saturated carbocycles. The molecule has 1 heterocycles. The fraction of sp³-hybridized carbons (Fsp3) is 0.440. The molecule has 2 rings (SSSR count). The van der Waals surface area contributed by atoms with Crippen LogP contribution in [0.15, 0.2) is 30.5 Å². The molecule has 4 atom stereocenters. The van der Waals surface area contributed by atoms with Crippen LogP contribution in [0.3, 0.4) is 0 Å². The van der Waals surface area contributed by atoms with E-state index in [2.05, 4.69) is 20.9 Å². The zero-order chi connectivity index (χ0) is 29.8. The quantitative estimate of drug-likeness (QED) is 0.108. The number of H-pyrrole nitrogens is 1. The van der Waals surface area contributed by atoms with E-state index in [-0.39, 0.29) is 25.7 Å². The van der Waals surface area contributed by atoms with E-state index in [9.17, 15) is 33.9 Å².